The smallest absolute Gasteiger partial charge is 0.272 e. The quantitative estimate of drug-likeness (QED) is 0.706. The van der Waals surface area contributed by atoms with E-state index >= 15 is 0 Å². The van der Waals surface area contributed by atoms with Crippen LogP contribution < -0.4 is 5.32 Å². The van der Waals surface area contributed by atoms with Gasteiger partial charge in [-0.3, -0.25) is 9.69 Å². The maximum Gasteiger partial charge on any atom is 0.272 e. The Balaban J connectivity index is 1.47. The normalized spacial score (nSPS) is 15.1. The molecule has 3 rings (SSSR count). The molecule has 0 aliphatic carbocycles. The fraction of sp³-hybridized carbons (Fsp3) is 0.381. The maximum absolute atomic E-state index is 12.7. The van der Waals surface area contributed by atoms with E-state index in [1.165, 1.54) is 11.9 Å². The van der Waals surface area contributed by atoms with Crippen LogP contribution in [0.5, 0.6) is 0 Å². The van der Waals surface area contributed by atoms with E-state index in [2.05, 4.69) is 44.5 Å². The van der Waals surface area contributed by atoms with E-state index in [0.29, 0.717) is 37.8 Å². The topological polar surface area (TPSA) is 70.6 Å². The van der Waals surface area contributed by atoms with Crippen LogP contribution in [-0.4, -0.2) is 78.7 Å². The first-order valence-electron chi connectivity index (χ1n) is 9.54. The van der Waals surface area contributed by atoms with Gasteiger partial charge >= 0.3 is 0 Å². The van der Waals surface area contributed by atoms with Gasteiger partial charge < -0.3 is 15.0 Å². The third-order valence-electron chi connectivity index (χ3n) is 4.63. The molecule has 1 saturated heterocycles. The summed E-state index contributed by atoms with van der Waals surface area (Å²) in [6.45, 7) is 5.22. The molecule has 148 valence electrons. The minimum atomic E-state index is -0.0448. The fourth-order valence-electron chi connectivity index (χ4n) is 3.05. The molecule has 7 nitrogen and oxygen atoms in total. The number of hydrogen-bond acceptors (Lipinski definition) is 6. The second-order valence-electron chi connectivity index (χ2n) is 6.61. The monoisotopic (exact) mass is 381 g/mol. The predicted octanol–water partition coefficient (Wildman–Crippen LogP) is 2.01. The zero-order valence-corrected chi connectivity index (χ0v) is 16.3. The van der Waals surface area contributed by atoms with Crippen LogP contribution in [0.4, 0.5) is 5.82 Å². The molecule has 1 aliphatic rings. The summed E-state index contributed by atoms with van der Waals surface area (Å²) in [4.78, 5) is 25.2. The summed E-state index contributed by atoms with van der Waals surface area (Å²) in [7, 11) is 1.65. The van der Waals surface area contributed by atoms with Crippen molar-refractivity contribution in [2.24, 2.45) is 0 Å². The van der Waals surface area contributed by atoms with Crippen LogP contribution in [0.1, 0.15) is 16.1 Å². The Morgan fingerprint density at radius 1 is 1.18 bits per heavy atom. The van der Waals surface area contributed by atoms with E-state index in [1.807, 2.05) is 23.1 Å². The number of carbonyl (C=O) groups is 1. The summed E-state index contributed by atoms with van der Waals surface area (Å²) in [5.41, 5.74) is 1.63. The average molecular weight is 381 g/mol. The zero-order valence-electron chi connectivity index (χ0n) is 16.3. The highest BCUT2D eigenvalue weighted by molar-refractivity contribution is 5.93. The van der Waals surface area contributed by atoms with Gasteiger partial charge in [0, 0.05) is 52.4 Å². The number of methoxy groups -OCH3 is 1. The standard InChI is InChI=1S/C21H27N5O2/c1-28-15-9-22-20-16-19(23-17-24-20)21(27)26-13-11-25(12-14-26)10-5-8-18-6-3-2-4-7-18/h2-8,16-17H,9-15H2,1H3,(H,22,23,24)/b8-5+. The summed E-state index contributed by atoms with van der Waals surface area (Å²) < 4.78 is 5.01. The molecule has 28 heavy (non-hydrogen) atoms. The number of benzene rings is 1. The van der Waals surface area contributed by atoms with Gasteiger partial charge in [0.15, 0.2) is 0 Å². The Hall–Kier alpha value is -2.77. The van der Waals surface area contributed by atoms with Crippen molar-refractivity contribution < 1.29 is 9.53 Å². The predicted molar refractivity (Wildman–Crippen MR) is 110 cm³/mol. The van der Waals surface area contributed by atoms with E-state index in [-0.39, 0.29) is 5.91 Å². The number of carbonyl (C=O) groups excluding carboxylic acids is 1. The van der Waals surface area contributed by atoms with E-state index < -0.39 is 0 Å². The minimum absolute atomic E-state index is 0.0448. The Morgan fingerprint density at radius 2 is 1.96 bits per heavy atom. The van der Waals surface area contributed by atoms with Crippen molar-refractivity contribution in [2.75, 3.05) is 58.3 Å². The lowest BCUT2D eigenvalue weighted by molar-refractivity contribution is 0.0644. The number of nitrogens with zero attached hydrogens (tertiary/aromatic N) is 4. The molecule has 1 fully saturated rings. The molecule has 2 heterocycles. The third kappa shape index (κ3) is 5.87. The van der Waals surface area contributed by atoms with Crippen molar-refractivity contribution in [1.29, 1.82) is 0 Å². The van der Waals surface area contributed by atoms with Gasteiger partial charge in [-0.1, -0.05) is 42.5 Å². The molecule has 1 aromatic carbocycles. The molecule has 1 N–H and O–H groups in total. The second-order valence-corrected chi connectivity index (χ2v) is 6.61. The molecular formula is C21H27N5O2. The number of amides is 1. The van der Waals surface area contributed by atoms with Crippen LogP contribution in [0.15, 0.2) is 48.8 Å². The van der Waals surface area contributed by atoms with E-state index in [0.717, 1.165) is 19.6 Å². The highest BCUT2D eigenvalue weighted by atomic mass is 16.5. The van der Waals surface area contributed by atoms with Gasteiger partial charge in [-0.05, 0) is 5.56 Å². The molecule has 2 aromatic rings. The van der Waals surface area contributed by atoms with Crippen LogP contribution in [0, 0.1) is 0 Å². The molecule has 0 saturated carbocycles. The molecule has 1 aromatic heterocycles. The fourth-order valence-corrected chi connectivity index (χ4v) is 3.05. The molecule has 0 bridgehead atoms. The maximum atomic E-state index is 12.7. The van der Waals surface area contributed by atoms with Crippen molar-refractivity contribution in [3.63, 3.8) is 0 Å². The number of nitrogens with one attached hydrogen (secondary N) is 1. The summed E-state index contributed by atoms with van der Waals surface area (Å²) in [5, 5.41) is 3.12. The lowest BCUT2D eigenvalue weighted by Gasteiger charge is -2.34. The van der Waals surface area contributed by atoms with Gasteiger partial charge in [0.2, 0.25) is 0 Å². The molecule has 0 unspecified atom stereocenters. The Labute approximate surface area is 166 Å². The summed E-state index contributed by atoms with van der Waals surface area (Å²) in [5.74, 6) is 0.594. The molecule has 1 aliphatic heterocycles. The molecule has 1 amide bonds. The van der Waals surface area contributed by atoms with Gasteiger partial charge in [0.05, 0.1) is 6.61 Å². The Kier molecular flexibility index (Phi) is 7.52. The van der Waals surface area contributed by atoms with Crippen LogP contribution in [0.25, 0.3) is 6.08 Å². The van der Waals surface area contributed by atoms with Crippen LogP contribution in [0.2, 0.25) is 0 Å². The van der Waals surface area contributed by atoms with Crippen molar-refractivity contribution in [3.8, 4) is 0 Å². The minimum Gasteiger partial charge on any atom is -0.383 e. The number of rotatable bonds is 8. The van der Waals surface area contributed by atoms with Crippen molar-refractivity contribution in [3.05, 3.63) is 60.1 Å². The van der Waals surface area contributed by atoms with Crippen LogP contribution >= 0.6 is 0 Å². The molecule has 7 heteroatoms. The first kappa shape index (κ1) is 20.0. The third-order valence-corrected chi connectivity index (χ3v) is 4.63. The van der Waals surface area contributed by atoms with E-state index in [4.69, 9.17) is 4.74 Å². The van der Waals surface area contributed by atoms with Gasteiger partial charge in [-0.15, -0.1) is 0 Å². The average Bonchev–Trinajstić information content (AvgIpc) is 2.75. The first-order valence-corrected chi connectivity index (χ1v) is 9.54. The van der Waals surface area contributed by atoms with Gasteiger partial charge in [0.25, 0.3) is 5.91 Å². The SMILES string of the molecule is COCCNc1cc(C(=O)N2CCN(C/C=C/c3ccccc3)CC2)ncn1. The van der Waals surface area contributed by atoms with Crippen molar-refractivity contribution in [2.45, 2.75) is 0 Å². The molecular weight excluding hydrogens is 354 g/mol. The van der Waals surface area contributed by atoms with Gasteiger partial charge in [-0.25, -0.2) is 9.97 Å². The number of hydrogen-bond donors (Lipinski definition) is 1. The molecule has 0 radical (unpaired) electrons. The summed E-state index contributed by atoms with van der Waals surface area (Å²) in [6, 6.07) is 12.0. The number of ether oxygens (including phenoxy) is 1. The molecule has 0 spiro atoms. The van der Waals surface area contributed by atoms with E-state index in [1.54, 1.807) is 13.2 Å². The number of piperazine rings is 1. The number of anilines is 1. The van der Waals surface area contributed by atoms with Crippen LogP contribution in [0.3, 0.4) is 0 Å². The first-order chi connectivity index (χ1) is 13.8. The highest BCUT2D eigenvalue weighted by Gasteiger charge is 2.22. The van der Waals surface area contributed by atoms with Crippen molar-refractivity contribution in [1.82, 2.24) is 19.8 Å². The highest BCUT2D eigenvalue weighted by Crippen LogP contribution is 2.10. The Bertz CT molecular complexity index is 773. The summed E-state index contributed by atoms with van der Waals surface area (Å²) >= 11 is 0. The van der Waals surface area contributed by atoms with Gasteiger partial charge in [-0.2, -0.15) is 0 Å². The van der Waals surface area contributed by atoms with E-state index in [9.17, 15) is 4.79 Å². The Morgan fingerprint density at radius 3 is 2.71 bits per heavy atom. The second kappa shape index (κ2) is 10.5. The zero-order chi connectivity index (χ0) is 19.6. The van der Waals surface area contributed by atoms with Crippen LogP contribution in [-0.2, 0) is 4.74 Å². The lowest BCUT2D eigenvalue weighted by Crippen LogP contribution is -2.48. The lowest BCUT2D eigenvalue weighted by atomic mass is 10.2. The largest absolute Gasteiger partial charge is 0.383 e. The molecule has 0 atom stereocenters. The number of aromatic nitrogens is 2. The van der Waals surface area contributed by atoms with Gasteiger partial charge in [0.1, 0.15) is 17.8 Å². The van der Waals surface area contributed by atoms with Crippen molar-refractivity contribution >= 4 is 17.8 Å². The summed E-state index contributed by atoms with van der Waals surface area (Å²) in [6.07, 6.45) is 5.73.